The lowest BCUT2D eigenvalue weighted by Gasteiger charge is -2.38. The fourth-order valence-electron chi connectivity index (χ4n) is 2.00. The van der Waals surface area contributed by atoms with E-state index < -0.39 is 0 Å². The van der Waals surface area contributed by atoms with Crippen molar-refractivity contribution in [2.75, 3.05) is 31.6 Å². The number of halogens is 2. The lowest BCUT2D eigenvalue weighted by atomic mass is 10.2. The minimum absolute atomic E-state index is 0.357. The van der Waals surface area contributed by atoms with Gasteiger partial charge >= 0.3 is 0 Å². The summed E-state index contributed by atoms with van der Waals surface area (Å²) in [6.07, 6.45) is 0. The van der Waals surface area contributed by atoms with Crippen LogP contribution in [0.2, 0.25) is 5.02 Å². The van der Waals surface area contributed by atoms with Crippen molar-refractivity contribution in [3.8, 4) is 0 Å². The van der Waals surface area contributed by atoms with Crippen molar-refractivity contribution in [3.05, 3.63) is 22.8 Å². The number of aromatic nitrogens is 1. The van der Waals surface area contributed by atoms with Gasteiger partial charge in [0, 0.05) is 25.7 Å². The maximum Gasteiger partial charge on any atom is 0.129 e. The molecule has 3 nitrogen and oxygen atoms in total. The first-order valence-corrected chi connectivity index (χ1v) is 6.69. The van der Waals surface area contributed by atoms with Crippen LogP contribution in [0, 0.1) is 0 Å². The summed E-state index contributed by atoms with van der Waals surface area (Å²) in [6, 6.07) is 4.39. The number of hydrogen-bond donors (Lipinski definition) is 0. The molecule has 1 aromatic rings. The van der Waals surface area contributed by atoms with Crippen LogP contribution in [0.15, 0.2) is 12.1 Å². The Bertz CT molecular complexity index is 397. The van der Waals surface area contributed by atoms with Gasteiger partial charge in [-0.3, -0.25) is 0 Å². The van der Waals surface area contributed by atoms with Gasteiger partial charge in [0.25, 0.3) is 0 Å². The van der Waals surface area contributed by atoms with Crippen LogP contribution in [0.1, 0.15) is 12.6 Å². The van der Waals surface area contributed by atoms with E-state index >= 15 is 0 Å². The van der Waals surface area contributed by atoms with Crippen LogP contribution in [-0.2, 0) is 5.88 Å². The van der Waals surface area contributed by atoms with E-state index in [-0.39, 0.29) is 0 Å². The molecule has 5 heteroatoms. The Morgan fingerprint density at radius 3 is 2.82 bits per heavy atom. The average Bonchev–Trinajstić information content (AvgIpc) is 2.33. The van der Waals surface area contributed by atoms with Crippen molar-refractivity contribution >= 4 is 29.0 Å². The molecule has 1 fully saturated rings. The molecule has 2 rings (SSSR count). The summed E-state index contributed by atoms with van der Waals surface area (Å²) in [4.78, 5) is 9.16. The van der Waals surface area contributed by atoms with Crippen LogP contribution in [0.3, 0.4) is 0 Å². The van der Waals surface area contributed by atoms with Gasteiger partial charge in [0.1, 0.15) is 5.82 Å². The highest BCUT2D eigenvalue weighted by Crippen LogP contribution is 2.22. The molecule has 1 aliphatic heterocycles. The highest BCUT2D eigenvalue weighted by molar-refractivity contribution is 6.32. The van der Waals surface area contributed by atoms with Crippen LogP contribution in [-0.4, -0.2) is 42.6 Å². The molecule has 0 amide bonds. The average molecular weight is 274 g/mol. The zero-order valence-corrected chi connectivity index (χ0v) is 11.7. The lowest BCUT2D eigenvalue weighted by Crippen LogP contribution is -2.50. The molecule has 0 radical (unpaired) electrons. The predicted octanol–water partition coefficient (Wildman–Crippen LogP) is 2.61. The first-order chi connectivity index (χ1) is 8.11. The van der Waals surface area contributed by atoms with Gasteiger partial charge < -0.3 is 9.80 Å². The summed E-state index contributed by atoms with van der Waals surface area (Å²) in [7, 11) is 2.15. The van der Waals surface area contributed by atoms with Crippen LogP contribution in [0.5, 0.6) is 0 Å². The molecule has 1 aromatic heterocycles. The zero-order chi connectivity index (χ0) is 12.4. The summed E-state index contributed by atoms with van der Waals surface area (Å²) in [6.45, 7) is 5.27. The molecular weight excluding hydrogens is 257 g/mol. The lowest BCUT2D eigenvalue weighted by molar-refractivity contribution is 0.233. The number of pyridine rings is 1. The SMILES string of the molecule is CC1CN(c2ccc(Cl)c(CCl)n2)CCN1C. The molecule has 17 heavy (non-hydrogen) atoms. The van der Waals surface area contributed by atoms with Crippen molar-refractivity contribution in [1.82, 2.24) is 9.88 Å². The number of anilines is 1. The molecule has 1 atom stereocenters. The Morgan fingerprint density at radius 2 is 2.18 bits per heavy atom. The van der Waals surface area contributed by atoms with Gasteiger partial charge in [-0.15, -0.1) is 11.6 Å². The molecule has 0 aliphatic carbocycles. The van der Waals surface area contributed by atoms with E-state index in [1.54, 1.807) is 0 Å². The Hall–Kier alpha value is -0.510. The first kappa shape index (κ1) is 12.9. The Balaban J connectivity index is 2.17. The van der Waals surface area contributed by atoms with E-state index in [0.717, 1.165) is 31.1 Å². The fourth-order valence-corrected chi connectivity index (χ4v) is 2.44. The number of rotatable bonds is 2. The predicted molar refractivity (Wildman–Crippen MR) is 73.1 cm³/mol. The number of nitrogens with zero attached hydrogens (tertiary/aromatic N) is 3. The number of alkyl halides is 1. The van der Waals surface area contributed by atoms with Crippen LogP contribution >= 0.6 is 23.2 Å². The highest BCUT2D eigenvalue weighted by atomic mass is 35.5. The van der Waals surface area contributed by atoms with Gasteiger partial charge in [-0.1, -0.05) is 11.6 Å². The summed E-state index contributed by atoms with van der Waals surface area (Å²) in [5.41, 5.74) is 0.761. The van der Waals surface area contributed by atoms with Gasteiger partial charge in [-0.25, -0.2) is 4.98 Å². The third-order valence-corrected chi connectivity index (χ3v) is 3.91. The summed E-state index contributed by atoms with van der Waals surface area (Å²) in [5.74, 6) is 1.33. The normalized spacial score (nSPS) is 21.9. The monoisotopic (exact) mass is 273 g/mol. The molecule has 0 aromatic carbocycles. The molecule has 0 bridgehead atoms. The maximum atomic E-state index is 6.01. The molecule has 1 aliphatic rings. The van der Waals surface area contributed by atoms with Gasteiger partial charge in [-0.2, -0.15) is 0 Å². The van der Waals surface area contributed by atoms with E-state index in [1.165, 1.54) is 0 Å². The third kappa shape index (κ3) is 2.84. The van der Waals surface area contributed by atoms with Crippen molar-refractivity contribution in [2.45, 2.75) is 18.8 Å². The molecule has 0 spiro atoms. The fraction of sp³-hybridized carbons (Fsp3) is 0.583. The topological polar surface area (TPSA) is 19.4 Å². The van der Waals surface area contributed by atoms with Gasteiger partial charge in [0.15, 0.2) is 0 Å². The molecular formula is C12H17Cl2N3. The van der Waals surface area contributed by atoms with Crippen molar-refractivity contribution in [3.63, 3.8) is 0 Å². The standard InChI is InChI=1S/C12H17Cl2N3/c1-9-8-17(6-5-16(9)2)12-4-3-10(14)11(7-13)15-12/h3-4,9H,5-8H2,1-2H3. The van der Waals surface area contributed by atoms with Crippen molar-refractivity contribution in [2.24, 2.45) is 0 Å². The minimum atomic E-state index is 0.357. The zero-order valence-electron chi connectivity index (χ0n) is 10.2. The second-order valence-electron chi connectivity index (χ2n) is 4.51. The van der Waals surface area contributed by atoms with E-state index in [4.69, 9.17) is 23.2 Å². The van der Waals surface area contributed by atoms with Crippen molar-refractivity contribution < 1.29 is 0 Å². The van der Waals surface area contributed by atoms with Gasteiger partial charge in [0.05, 0.1) is 16.6 Å². The van der Waals surface area contributed by atoms with Crippen molar-refractivity contribution in [1.29, 1.82) is 0 Å². The molecule has 0 N–H and O–H groups in total. The molecule has 1 saturated heterocycles. The second-order valence-corrected chi connectivity index (χ2v) is 5.18. The number of likely N-dealkylation sites (N-methyl/N-ethyl adjacent to an activating group) is 1. The van der Waals surface area contributed by atoms with Gasteiger partial charge in [-0.05, 0) is 26.1 Å². The maximum absolute atomic E-state index is 6.01. The van der Waals surface area contributed by atoms with Crippen LogP contribution < -0.4 is 4.90 Å². The van der Waals surface area contributed by atoms with E-state index in [1.807, 2.05) is 12.1 Å². The Labute approximate surface area is 112 Å². The summed E-state index contributed by atoms with van der Waals surface area (Å²) < 4.78 is 0. The third-order valence-electron chi connectivity index (χ3n) is 3.31. The summed E-state index contributed by atoms with van der Waals surface area (Å²) in [5, 5.41) is 0.644. The summed E-state index contributed by atoms with van der Waals surface area (Å²) >= 11 is 11.8. The van der Waals surface area contributed by atoms with Gasteiger partial charge in [0.2, 0.25) is 0 Å². The molecule has 94 valence electrons. The van der Waals surface area contributed by atoms with Crippen LogP contribution in [0.25, 0.3) is 0 Å². The quantitative estimate of drug-likeness (QED) is 0.773. The van der Waals surface area contributed by atoms with E-state index in [0.29, 0.717) is 16.9 Å². The largest absolute Gasteiger partial charge is 0.354 e. The highest BCUT2D eigenvalue weighted by Gasteiger charge is 2.21. The number of piperazine rings is 1. The second kappa shape index (κ2) is 5.42. The smallest absolute Gasteiger partial charge is 0.129 e. The minimum Gasteiger partial charge on any atom is -0.354 e. The number of hydrogen-bond acceptors (Lipinski definition) is 3. The Morgan fingerprint density at radius 1 is 1.41 bits per heavy atom. The van der Waals surface area contributed by atoms with E-state index in [2.05, 4.69) is 28.8 Å². The first-order valence-electron chi connectivity index (χ1n) is 5.78. The molecule has 0 saturated carbocycles. The molecule has 2 heterocycles. The van der Waals surface area contributed by atoms with E-state index in [9.17, 15) is 0 Å². The van der Waals surface area contributed by atoms with Crippen LogP contribution in [0.4, 0.5) is 5.82 Å². The molecule has 1 unspecified atom stereocenters. The Kier molecular flexibility index (Phi) is 4.13.